The Hall–Kier alpha value is -2.25. The molecule has 7 heteroatoms. The number of allylic oxidation sites excluding steroid dienone is 1. The number of nitrogens with zero attached hydrogens (tertiary/aromatic N) is 4. The summed E-state index contributed by atoms with van der Waals surface area (Å²) in [7, 11) is 0. The molecule has 0 spiro atoms. The van der Waals surface area contributed by atoms with Crippen molar-refractivity contribution < 1.29 is 4.79 Å². The number of carbonyl (C=O) groups is 1. The summed E-state index contributed by atoms with van der Waals surface area (Å²) in [4.78, 5) is 16.9. The molecule has 2 unspecified atom stereocenters. The molecule has 6 fully saturated rings. The fourth-order valence-electron chi connectivity index (χ4n) is 7.45. The molecule has 0 aromatic carbocycles. The third-order valence-corrected chi connectivity index (χ3v) is 8.57. The van der Waals surface area contributed by atoms with E-state index >= 15 is 0 Å². The second kappa shape index (κ2) is 8.36. The van der Waals surface area contributed by atoms with Crippen molar-refractivity contribution in [2.24, 2.45) is 17.8 Å². The van der Waals surface area contributed by atoms with Gasteiger partial charge in [0, 0.05) is 31.2 Å². The van der Waals surface area contributed by atoms with Gasteiger partial charge in [0.2, 0.25) is 5.91 Å². The van der Waals surface area contributed by atoms with E-state index < -0.39 is 0 Å². The first kappa shape index (κ1) is 20.6. The third-order valence-electron chi connectivity index (χ3n) is 8.57. The predicted octanol–water partition coefficient (Wildman–Crippen LogP) is 2.09. The fourth-order valence-corrected chi connectivity index (χ4v) is 7.45. The van der Waals surface area contributed by atoms with Gasteiger partial charge in [0.15, 0.2) is 0 Å². The van der Waals surface area contributed by atoms with Crippen LogP contribution in [0.3, 0.4) is 0 Å². The van der Waals surface area contributed by atoms with Gasteiger partial charge in [0.05, 0.1) is 24.8 Å². The van der Waals surface area contributed by atoms with Crippen molar-refractivity contribution in [2.45, 2.75) is 75.4 Å². The van der Waals surface area contributed by atoms with Crippen LogP contribution in [-0.2, 0) is 4.79 Å². The molecular weight excluding hydrogens is 388 g/mol. The standard InChI is InChI=1S/C24H34N6O/c25-6-5-21(29-7-1-2-8-29)28-23-18-10-17-11-19(23)14-24(12-17,13-18)27-16-22(31)30-9-3-4-20(30)15-26/h5,17-20,23,27-28H,1-4,7-14,16H2/b21-5+/t17?,18?,19?,20-,23?,24?/m0/s1. The first-order chi connectivity index (χ1) is 15.1. The Labute approximate surface area is 185 Å². The molecule has 2 saturated heterocycles. The SMILES string of the molecule is N#C/C=C(\NC1C2CC3CC1CC(NCC(=O)N1CCC[C@H]1C#N)(C3)C2)N1CCCC1. The maximum atomic E-state index is 12.8. The van der Waals surface area contributed by atoms with Crippen LogP contribution in [0, 0.1) is 40.4 Å². The van der Waals surface area contributed by atoms with E-state index in [1.165, 1.54) is 32.1 Å². The summed E-state index contributed by atoms with van der Waals surface area (Å²) in [5, 5.41) is 26.1. The Bertz CT molecular complexity index is 803. The second-order valence-electron chi connectivity index (χ2n) is 10.5. The van der Waals surface area contributed by atoms with E-state index in [0.29, 0.717) is 24.4 Å². The van der Waals surface area contributed by atoms with E-state index in [4.69, 9.17) is 0 Å². The molecule has 2 aliphatic heterocycles. The fraction of sp³-hybridized carbons (Fsp3) is 0.792. The number of likely N-dealkylation sites (tertiary alicyclic amines) is 2. The molecule has 4 saturated carbocycles. The van der Waals surface area contributed by atoms with Gasteiger partial charge in [0.25, 0.3) is 0 Å². The number of hydrogen-bond acceptors (Lipinski definition) is 6. The Kier molecular flexibility index (Phi) is 5.56. The highest BCUT2D eigenvalue weighted by Crippen LogP contribution is 2.56. The van der Waals surface area contributed by atoms with Crippen molar-refractivity contribution in [3.8, 4) is 12.1 Å². The highest BCUT2D eigenvalue weighted by atomic mass is 16.2. The van der Waals surface area contributed by atoms with Crippen molar-refractivity contribution in [1.82, 2.24) is 20.4 Å². The van der Waals surface area contributed by atoms with Crippen LogP contribution in [-0.4, -0.2) is 59.5 Å². The molecule has 166 valence electrons. The molecule has 2 N–H and O–H groups in total. The Morgan fingerprint density at radius 3 is 2.48 bits per heavy atom. The van der Waals surface area contributed by atoms with Gasteiger partial charge < -0.3 is 20.4 Å². The Balaban J connectivity index is 1.23. The summed E-state index contributed by atoms with van der Waals surface area (Å²) in [5.41, 5.74) is 0.0684. The molecule has 4 aliphatic carbocycles. The quantitative estimate of drug-likeness (QED) is 0.637. The summed E-state index contributed by atoms with van der Waals surface area (Å²) >= 11 is 0. The number of hydrogen-bond donors (Lipinski definition) is 2. The molecule has 31 heavy (non-hydrogen) atoms. The molecule has 0 aromatic heterocycles. The van der Waals surface area contributed by atoms with Crippen LogP contribution >= 0.6 is 0 Å². The highest BCUT2D eigenvalue weighted by molar-refractivity contribution is 5.79. The lowest BCUT2D eigenvalue weighted by Crippen LogP contribution is -2.66. The van der Waals surface area contributed by atoms with Gasteiger partial charge in [-0.2, -0.15) is 10.5 Å². The predicted molar refractivity (Wildman–Crippen MR) is 116 cm³/mol. The van der Waals surface area contributed by atoms with E-state index in [1.54, 1.807) is 11.0 Å². The molecule has 1 amide bonds. The van der Waals surface area contributed by atoms with Crippen LogP contribution in [0.4, 0.5) is 0 Å². The van der Waals surface area contributed by atoms with Gasteiger partial charge in [-0.3, -0.25) is 4.79 Å². The van der Waals surface area contributed by atoms with Crippen molar-refractivity contribution in [3.63, 3.8) is 0 Å². The van der Waals surface area contributed by atoms with E-state index in [1.807, 2.05) is 0 Å². The molecule has 7 nitrogen and oxygen atoms in total. The van der Waals surface area contributed by atoms with Crippen LogP contribution in [0.25, 0.3) is 0 Å². The average molecular weight is 423 g/mol. The molecule has 0 radical (unpaired) electrons. The highest BCUT2D eigenvalue weighted by Gasteiger charge is 2.55. The molecule has 6 aliphatic rings. The molecule has 3 atom stereocenters. The van der Waals surface area contributed by atoms with Crippen LogP contribution in [0.1, 0.15) is 57.8 Å². The zero-order valence-electron chi connectivity index (χ0n) is 18.4. The minimum atomic E-state index is -0.241. The summed E-state index contributed by atoms with van der Waals surface area (Å²) in [5.74, 6) is 3.04. The zero-order valence-corrected chi connectivity index (χ0v) is 18.4. The minimum absolute atomic E-state index is 0.0684. The number of nitrogens with one attached hydrogen (secondary N) is 2. The largest absolute Gasteiger partial charge is 0.368 e. The number of amides is 1. The van der Waals surface area contributed by atoms with Crippen LogP contribution in [0.2, 0.25) is 0 Å². The first-order valence-corrected chi connectivity index (χ1v) is 12.2. The smallest absolute Gasteiger partial charge is 0.237 e. The van der Waals surface area contributed by atoms with E-state index in [-0.39, 0.29) is 17.5 Å². The summed E-state index contributed by atoms with van der Waals surface area (Å²) in [6, 6.07) is 4.73. The van der Waals surface area contributed by atoms with Crippen LogP contribution in [0.5, 0.6) is 0 Å². The van der Waals surface area contributed by atoms with E-state index in [0.717, 1.165) is 57.1 Å². The van der Waals surface area contributed by atoms with Crippen LogP contribution in [0.15, 0.2) is 11.9 Å². The van der Waals surface area contributed by atoms with Crippen molar-refractivity contribution in [2.75, 3.05) is 26.2 Å². The normalized spacial score (nSPS) is 38.9. The molecule has 0 aromatic rings. The zero-order chi connectivity index (χ0) is 21.4. The van der Waals surface area contributed by atoms with Crippen LogP contribution < -0.4 is 10.6 Å². The van der Waals surface area contributed by atoms with Crippen molar-refractivity contribution in [1.29, 1.82) is 10.5 Å². The number of carbonyl (C=O) groups excluding carboxylic acids is 1. The van der Waals surface area contributed by atoms with Gasteiger partial charge in [-0.25, -0.2) is 0 Å². The first-order valence-electron chi connectivity index (χ1n) is 12.2. The lowest BCUT2D eigenvalue weighted by atomic mass is 9.51. The van der Waals surface area contributed by atoms with E-state index in [2.05, 4.69) is 27.7 Å². The number of rotatable bonds is 6. The lowest BCUT2D eigenvalue weighted by molar-refractivity contribution is -0.131. The maximum Gasteiger partial charge on any atom is 0.237 e. The summed E-state index contributed by atoms with van der Waals surface area (Å²) < 4.78 is 0. The summed E-state index contributed by atoms with van der Waals surface area (Å²) in [6.45, 7) is 3.16. The average Bonchev–Trinajstić information content (AvgIpc) is 3.45. The molecular formula is C24H34N6O. The van der Waals surface area contributed by atoms with E-state index in [9.17, 15) is 15.3 Å². The van der Waals surface area contributed by atoms with Gasteiger partial charge >= 0.3 is 0 Å². The monoisotopic (exact) mass is 422 g/mol. The lowest BCUT2D eigenvalue weighted by Gasteiger charge is -2.60. The molecule has 6 rings (SSSR count). The number of nitriles is 2. The Morgan fingerprint density at radius 2 is 1.81 bits per heavy atom. The minimum Gasteiger partial charge on any atom is -0.368 e. The van der Waals surface area contributed by atoms with Crippen molar-refractivity contribution in [3.05, 3.63) is 11.9 Å². The molecule has 4 bridgehead atoms. The Morgan fingerprint density at radius 1 is 1.06 bits per heavy atom. The summed E-state index contributed by atoms with van der Waals surface area (Å²) in [6.07, 6.45) is 11.7. The topological polar surface area (TPSA) is 95.2 Å². The third kappa shape index (κ3) is 3.89. The van der Waals surface area contributed by atoms with Crippen molar-refractivity contribution >= 4 is 5.91 Å². The van der Waals surface area contributed by atoms with Gasteiger partial charge in [-0.1, -0.05) is 0 Å². The van der Waals surface area contributed by atoms with Gasteiger partial charge in [-0.15, -0.1) is 0 Å². The van der Waals surface area contributed by atoms with Gasteiger partial charge in [-0.05, 0) is 75.5 Å². The maximum absolute atomic E-state index is 12.8. The molecule has 2 heterocycles. The van der Waals surface area contributed by atoms with Gasteiger partial charge in [0.1, 0.15) is 11.9 Å². The second-order valence-corrected chi connectivity index (χ2v) is 10.5.